The molecule has 2 aromatic rings. The third-order valence-corrected chi connectivity index (χ3v) is 4.30. The van der Waals surface area contributed by atoms with E-state index in [-0.39, 0.29) is 0 Å². The maximum absolute atomic E-state index is 5.22. The largest absolute Gasteiger partial charge is 0.358 e. The quantitative estimate of drug-likeness (QED) is 0.834. The number of nitrogens with one attached hydrogen (secondary N) is 2. The number of thiocarbonyl (C=S) groups is 1. The molecule has 0 saturated heterocycles. The fourth-order valence-electron chi connectivity index (χ4n) is 1.31. The van der Waals surface area contributed by atoms with Crippen molar-refractivity contribution < 1.29 is 0 Å². The molecule has 0 aliphatic heterocycles. The maximum Gasteiger partial charge on any atom is 0.171 e. The van der Waals surface area contributed by atoms with Gasteiger partial charge in [0.1, 0.15) is 0 Å². The van der Waals surface area contributed by atoms with Gasteiger partial charge in [0.2, 0.25) is 0 Å². The second-order valence-electron chi connectivity index (χ2n) is 3.37. The molecular weight excluding hydrogens is 316 g/mol. The lowest BCUT2D eigenvalue weighted by Gasteiger charge is -2.09. The second-order valence-corrected chi connectivity index (χ2v) is 5.63. The fraction of sp³-hybridized carbons (Fsp3) is 0.0833. The Labute approximate surface area is 118 Å². The first-order valence-electron chi connectivity index (χ1n) is 5.07. The van der Waals surface area contributed by atoms with Crippen LogP contribution in [0.2, 0.25) is 0 Å². The molecule has 0 atom stereocenters. The lowest BCUT2D eigenvalue weighted by molar-refractivity contribution is 0.942. The van der Waals surface area contributed by atoms with E-state index < -0.39 is 0 Å². The summed E-state index contributed by atoms with van der Waals surface area (Å²) in [5.74, 6) is 0. The van der Waals surface area contributed by atoms with E-state index in [1.54, 1.807) is 11.3 Å². The van der Waals surface area contributed by atoms with Crippen molar-refractivity contribution in [3.63, 3.8) is 0 Å². The van der Waals surface area contributed by atoms with Crippen molar-refractivity contribution in [2.75, 3.05) is 5.32 Å². The molecule has 0 amide bonds. The van der Waals surface area contributed by atoms with Gasteiger partial charge in [0.05, 0.1) is 6.54 Å². The zero-order valence-corrected chi connectivity index (χ0v) is 12.2. The molecular formula is C12H11BrN2S2. The zero-order valence-electron chi connectivity index (χ0n) is 8.94. The number of hydrogen-bond acceptors (Lipinski definition) is 2. The maximum atomic E-state index is 5.22. The highest BCUT2D eigenvalue weighted by molar-refractivity contribution is 9.10. The van der Waals surface area contributed by atoms with Crippen molar-refractivity contribution in [3.05, 3.63) is 51.1 Å². The highest BCUT2D eigenvalue weighted by Gasteiger charge is 2.02. The van der Waals surface area contributed by atoms with Gasteiger partial charge in [-0.05, 0) is 51.7 Å². The molecule has 0 radical (unpaired) electrons. The molecule has 2 nitrogen and oxygen atoms in total. The first-order valence-corrected chi connectivity index (χ1v) is 7.15. The molecule has 0 aliphatic carbocycles. The summed E-state index contributed by atoms with van der Waals surface area (Å²) in [5, 5.41) is 8.99. The SMILES string of the molecule is S=C(NCc1sccc1Br)Nc1ccccc1. The molecule has 0 saturated carbocycles. The molecule has 2 N–H and O–H groups in total. The predicted octanol–water partition coefficient (Wildman–Crippen LogP) is 4.00. The number of benzene rings is 1. The fourth-order valence-corrected chi connectivity index (χ4v) is 2.93. The Balaban J connectivity index is 1.84. The lowest BCUT2D eigenvalue weighted by atomic mass is 10.3. The van der Waals surface area contributed by atoms with Crippen molar-refractivity contribution >= 4 is 50.3 Å². The highest BCUT2D eigenvalue weighted by atomic mass is 79.9. The summed E-state index contributed by atoms with van der Waals surface area (Å²) in [6, 6.07) is 11.9. The van der Waals surface area contributed by atoms with Crippen LogP contribution < -0.4 is 10.6 Å². The van der Waals surface area contributed by atoms with Crippen molar-refractivity contribution in [1.29, 1.82) is 0 Å². The van der Waals surface area contributed by atoms with E-state index in [9.17, 15) is 0 Å². The van der Waals surface area contributed by atoms with Crippen LogP contribution >= 0.6 is 39.5 Å². The van der Waals surface area contributed by atoms with Gasteiger partial charge in [-0.2, -0.15) is 0 Å². The van der Waals surface area contributed by atoms with Crippen molar-refractivity contribution in [2.24, 2.45) is 0 Å². The predicted molar refractivity (Wildman–Crippen MR) is 81.5 cm³/mol. The summed E-state index contributed by atoms with van der Waals surface area (Å²) >= 11 is 10.4. The van der Waals surface area contributed by atoms with E-state index in [1.807, 2.05) is 36.4 Å². The zero-order chi connectivity index (χ0) is 12.1. The molecule has 0 bridgehead atoms. The lowest BCUT2D eigenvalue weighted by Crippen LogP contribution is -2.27. The van der Waals surface area contributed by atoms with Gasteiger partial charge in [-0.25, -0.2) is 0 Å². The van der Waals surface area contributed by atoms with Gasteiger partial charge in [0.25, 0.3) is 0 Å². The molecule has 0 aliphatic rings. The van der Waals surface area contributed by atoms with Gasteiger partial charge in [-0.3, -0.25) is 0 Å². The molecule has 17 heavy (non-hydrogen) atoms. The van der Waals surface area contributed by atoms with Crippen LogP contribution in [-0.2, 0) is 6.54 Å². The third-order valence-electron chi connectivity index (χ3n) is 2.13. The van der Waals surface area contributed by atoms with Crippen LogP contribution in [0.3, 0.4) is 0 Å². The van der Waals surface area contributed by atoms with Gasteiger partial charge in [-0.15, -0.1) is 11.3 Å². The number of anilines is 1. The molecule has 1 heterocycles. The van der Waals surface area contributed by atoms with Crippen LogP contribution in [0.15, 0.2) is 46.3 Å². The molecule has 88 valence electrons. The Morgan fingerprint density at radius 1 is 1.24 bits per heavy atom. The number of para-hydroxylation sites is 1. The summed E-state index contributed by atoms with van der Waals surface area (Å²) in [7, 11) is 0. The van der Waals surface area contributed by atoms with Crippen LogP contribution in [0.25, 0.3) is 0 Å². The average Bonchev–Trinajstić information content (AvgIpc) is 2.74. The van der Waals surface area contributed by atoms with Crippen molar-refractivity contribution in [3.8, 4) is 0 Å². The highest BCUT2D eigenvalue weighted by Crippen LogP contribution is 2.22. The summed E-state index contributed by atoms with van der Waals surface area (Å²) in [5.41, 5.74) is 0.996. The van der Waals surface area contributed by atoms with E-state index in [2.05, 4.69) is 31.9 Å². The molecule has 1 aromatic carbocycles. The van der Waals surface area contributed by atoms with Crippen LogP contribution in [-0.4, -0.2) is 5.11 Å². The minimum atomic E-state index is 0.636. The topological polar surface area (TPSA) is 24.1 Å². The van der Waals surface area contributed by atoms with E-state index in [0.717, 1.165) is 16.7 Å². The van der Waals surface area contributed by atoms with Gasteiger partial charge in [-0.1, -0.05) is 18.2 Å². The number of rotatable bonds is 3. The summed E-state index contributed by atoms with van der Waals surface area (Å²) in [4.78, 5) is 1.24. The number of halogens is 1. The Kier molecular flexibility index (Phi) is 4.53. The summed E-state index contributed by atoms with van der Waals surface area (Å²) in [6.45, 7) is 0.733. The average molecular weight is 327 g/mol. The third kappa shape index (κ3) is 3.80. The Hall–Kier alpha value is -0.910. The molecule has 0 spiro atoms. The minimum absolute atomic E-state index is 0.636. The molecule has 0 unspecified atom stereocenters. The van der Waals surface area contributed by atoms with Crippen LogP contribution in [0, 0.1) is 0 Å². The number of hydrogen-bond donors (Lipinski definition) is 2. The monoisotopic (exact) mass is 326 g/mol. The molecule has 5 heteroatoms. The molecule has 0 fully saturated rings. The minimum Gasteiger partial charge on any atom is -0.358 e. The smallest absolute Gasteiger partial charge is 0.171 e. The van der Waals surface area contributed by atoms with E-state index in [4.69, 9.17) is 12.2 Å². The summed E-state index contributed by atoms with van der Waals surface area (Å²) in [6.07, 6.45) is 0. The standard InChI is InChI=1S/C12H11BrN2S2/c13-10-6-7-17-11(10)8-14-12(16)15-9-4-2-1-3-5-9/h1-7H,8H2,(H2,14,15,16). The first-order chi connectivity index (χ1) is 8.25. The van der Waals surface area contributed by atoms with Crippen LogP contribution in [0.4, 0.5) is 5.69 Å². The Bertz CT molecular complexity index is 496. The Morgan fingerprint density at radius 3 is 2.65 bits per heavy atom. The second kappa shape index (κ2) is 6.14. The first kappa shape index (κ1) is 12.5. The van der Waals surface area contributed by atoms with Crippen molar-refractivity contribution in [1.82, 2.24) is 5.32 Å². The van der Waals surface area contributed by atoms with E-state index >= 15 is 0 Å². The van der Waals surface area contributed by atoms with Crippen molar-refractivity contribution in [2.45, 2.75) is 6.54 Å². The number of thiophene rings is 1. The van der Waals surface area contributed by atoms with Gasteiger partial charge in [0.15, 0.2) is 5.11 Å². The normalized spacial score (nSPS) is 9.94. The van der Waals surface area contributed by atoms with Gasteiger partial charge >= 0.3 is 0 Å². The van der Waals surface area contributed by atoms with E-state index in [1.165, 1.54) is 4.88 Å². The van der Waals surface area contributed by atoms with Crippen LogP contribution in [0.1, 0.15) is 4.88 Å². The molecule has 1 aromatic heterocycles. The van der Waals surface area contributed by atoms with E-state index in [0.29, 0.717) is 5.11 Å². The molecule has 2 rings (SSSR count). The van der Waals surface area contributed by atoms with Crippen LogP contribution in [0.5, 0.6) is 0 Å². The summed E-state index contributed by atoms with van der Waals surface area (Å²) < 4.78 is 1.12. The van der Waals surface area contributed by atoms with Gasteiger partial charge in [0, 0.05) is 15.0 Å². The Morgan fingerprint density at radius 2 is 2.00 bits per heavy atom. The van der Waals surface area contributed by atoms with Gasteiger partial charge < -0.3 is 10.6 Å².